The smallest absolute Gasteiger partial charge is 0.137 e. The van der Waals surface area contributed by atoms with Crippen molar-refractivity contribution in [2.24, 2.45) is 0 Å². The van der Waals surface area contributed by atoms with Crippen LogP contribution in [0.5, 0.6) is 0 Å². The van der Waals surface area contributed by atoms with Crippen LogP contribution >= 0.6 is 15.9 Å². The van der Waals surface area contributed by atoms with Gasteiger partial charge in [0, 0.05) is 22.4 Å². The van der Waals surface area contributed by atoms with Gasteiger partial charge in [0.15, 0.2) is 0 Å². The molecule has 3 rings (SSSR count). The predicted molar refractivity (Wildman–Crippen MR) is 77.2 cm³/mol. The Labute approximate surface area is 114 Å². The minimum absolute atomic E-state index is 0.890. The number of H-pyrrole nitrogens is 1. The molecule has 0 amide bonds. The molecule has 18 heavy (non-hydrogen) atoms. The summed E-state index contributed by atoms with van der Waals surface area (Å²) in [4.78, 5) is 7.49. The number of nitrogens with zero attached hydrogens (tertiary/aromatic N) is 1. The van der Waals surface area contributed by atoms with Gasteiger partial charge < -0.3 is 4.98 Å². The van der Waals surface area contributed by atoms with Crippen LogP contribution < -0.4 is 0 Å². The lowest BCUT2D eigenvalue weighted by Crippen LogP contribution is -1.87. The Bertz CT molecular complexity index is 646. The van der Waals surface area contributed by atoms with Crippen LogP contribution in [0.25, 0.3) is 22.5 Å². The summed E-state index contributed by atoms with van der Waals surface area (Å²) in [6, 6.07) is 16.5. The number of aromatic amines is 1. The third kappa shape index (κ3) is 2.09. The molecule has 0 aliphatic rings. The Balaban J connectivity index is 2.22. The molecule has 1 aromatic heterocycles. The molecule has 1 N–H and O–H groups in total. The number of hydrogen-bond acceptors (Lipinski definition) is 1. The van der Waals surface area contributed by atoms with E-state index in [1.807, 2.05) is 30.5 Å². The van der Waals surface area contributed by atoms with Gasteiger partial charge in [-0.25, -0.2) is 4.98 Å². The number of aromatic nitrogens is 2. The fraction of sp³-hybridized carbons (Fsp3) is 0. The zero-order valence-electron chi connectivity index (χ0n) is 9.60. The number of halogens is 1. The molecular formula is C15H11BrN2. The molecule has 2 nitrogen and oxygen atoms in total. The van der Waals surface area contributed by atoms with Gasteiger partial charge in [-0.15, -0.1) is 0 Å². The van der Waals surface area contributed by atoms with Crippen molar-refractivity contribution in [1.29, 1.82) is 0 Å². The topological polar surface area (TPSA) is 28.7 Å². The zero-order chi connectivity index (χ0) is 12.4. The van der Waals surface area contributed by atoms with Crippen molar-refractivity contribution in [1.82, 2.24) is 9.97 Å². The van der Waals surface area contributed by atoms with E-state index in [0.29, 0.717) is 0 Å². The molecule has 1 heterocycles. The molecule has 0 unspecified atom stereocenters. The summed E-state index contributed by atoms with van der Waals surface area (Å²) in [6.45, 7) is 0. The minimum Gasteiger partial charge on any atom is -0.345 e. The highest BCUT2D eigenvalue weighted by Gasteiger charge is 2.09. The van der Waals surface area contributed by atoms with Crippen molar-refractivity contribution in [3.05, 3.63) is 65.4 Å². The first-order valence-corrected chi connectivity index (χ1v) is 6.48. The molecular weight excluding hydrogens is 288 g/mol. The maximum absolute atomic E-state index is 4.33. The van der Waals surface area contributed by atoms with Crippen molar-refractivity contribution < 1.29 is 0 Å². The molecule has 0 aliphatic heterocycles. The highest BCUT2D eigenvalue weighted by molar-refractivity contribution is 9.10. The lowest BCUT2D eigenvalue weighted by molar-refractivity contribution is 1.31. The summed E-state index contributed by atoms with van der Waals surface area (Å²) in [5.41, 5.74) is 3.46. The van der Waals surface area contributed by atoms with E-state index in [2.05, 4.69) is 50.2 Å². The van der Waals surface area contributed by atoms with Gasteiger partial charge in [0.1, 0.15) is 5.82 Å². The second kappa shape index (κ2) is 4.78. The van der Waals surface area contributed by atoms with Crippen LogP contribution in [0.4, 0.5) is 0 Å². The van der Waals surface area contributed by atoms with E-state index >= 15 is 0 Å². The van der Waals surface area contributed by atoms with E-state index in [4.69, 9.17) is 0 Å². The molecule has 3 heteroatoms. The van der Waals surface area contributed by atoms with Crippen LogP contribution in [0.3, 0.4) is 0 Å². The van der Waals surface area contributed by atoms with Crippen molar-refractivity contribution in [3.63, 3.8) is 0 Å². The van der Waals surface area contributed by atoms with E-state index < -0.39 is 0 Å². The van der Waals surface area contributed by atoms with Gasteiger partial charge in [-0.3, -0.25) is 0 Å². The van der Waals surface area contributed by atoms with Gasteiger partial charge in [0.2, 0.25) is 0 Å². The van der Waals surface area contributed by atoms with Crippen molar-refractivity contribution in [2.45, 2.75) is 0 Å². The summed E-state index contributed by atoms with van der Waals surface area (Å²) >= 11 is 3.53. The Hall–Kier alpha value is -1.87. The van der Waals surface area contributed by atoms with E-state index in [1.54, 1.807) is 6.20 Å². The summed E-state index contributed by atoms with van der Waals surface area (Å²) in [5, 5.41) is 0. The van der Waals surface area contributed by atoms with Crippen molar-refractivity contribution in [3.8, 4) is 22.5 Å². The molecule has 0 saturated carbocycles. The average molecular weight is 299 g/mol. The van der Waals surface area contributed by atoms with Crippen LogP contribution in [0, 0.1) is 0 Å². The largest absolute Gasteiger partial charge is 0.345 e. The number of nitrogens with one attached hydrogen (secondary N) is 1. The Morgan fingerprint density at radius 2 is 1.78 bits per heavy atom. The van der Waals surface area contributed by atoms with Gasteiger partial charge in [0.05, 0.1) is 0 Å². The molecule has 0 bridgehead atoms. The first-order valence-electron chi connectivity index (χ1n) is 5.69. The molecule has 0 fully saturated rings. The summed E-state index contributed by atoms with van der Waals surface area (Å²) in [6.07, 6.45) is 3.61. The van der Waals surface area contributed by atoms with Crippen LogP contribution in [-0.4, -0.2) is 9.97 Å². The number of hydrogen-bond donors (Lipinski definition) is 1. The Morgan fingerprint density at radius 1 is 0.944 bits per heavy atom. The van der Waals surface area contributed by atoms with Gasteiger partial charge in [-0.2, -0.15) is 0 Å². The maximum Gasteiger partial charge on any atom is 0.137 e. The van der Waals surface area contributed by atoms with Gasteiger partial charge in [0.25, 0.3) is 0 Å². The molecule has 0 spiro atoms. The van der Waals surface area contributed by atoms with E-state index in [1.165, 1.54) is 11.1 Å². The SMILES string of the molecule is Brc1ccc(-c2ncc[nH]2)c(-c2ccccc2)c1. The first-order chi connectivity index (χ1) is 8.84. The fourth-order valence-electron chi connectivity index (χ4n) is 1.99. The normalized spacial score (nSPS) is 10.5. The van der Waals surface area contributed by atoms with Crippen molar-refractivity contribution >= 4 is 15.9 Å². The molecule has 0 atom stereocenters. The van der Waals surface area contributed by atoms with Gasteiger partial charge in [-0.1, -0.05) is 46.3 Å². The lowest BCUT2D eigenvalue weighted by Gasteiger charge is -2.08. The summed E-state index contributed by atoms with van der Waals surface area (Å²) < 4.78 is 1.07. The second-order valence-electron chi connectivity index (χ2n) is 3.99. The van der Waals surface area contributed by atoms with Gasteiger partial charge >= 0.3 is 0 Å². The predicted octanol–water partition coefficient (Wildman–Crippen LogP) is 4.51. The third-order valence-electron chi connectivity index (χ3n) is 2.82. The van der Waals surface area contributed by atoms with E-state index in [-0.39, 0.29) is 0 Å². The van der Waals surface area contributed by atoms with Gasteiger partial charge in [-0.05, 0) is 29.3 Å². The minimum atomic E-state index is 0.890. The van der Waals surface area contributed by atoms with Crippen LogP contribution in [0.15, 0.2) is 65.4 Å². The van der Waals surface area contributed by atoms with E-state index in [0.717, 1.165) is 15.9 Å². The highest BCUT2D eigenvalue weighted by Crippen LogP contribution is 2.32. The van der Waals surface area contributed by atoms with E-state index in [9.17, 15) is 0 Å². The lowest BCUT2D eigenvalue weighted by atomic mass is 9.99. The Morgan fingerprint density at radius 3 is 2.50 bits per heavy atom. The maximum atomic E-state index is 4.33. The Kier molecular flexibility index (Phi) is 2.99. The van der Waals surface area contributed by atoms with Crippen LogP contribution in [-0.2, 0) is 0 Å². The first kappa shape index (κ1) is 11.2. The molecule has 88 valence electrons. The number of benzene rings is 2. The average Bonchev–Trinajstić information content (AvgIpc) is 2.93. The molecule has 0 saturated heterocycles. The van der Waals surface area contributed by atoms with Crippen LogP contribution in [0.1, 0.15) is 0 Å². The molecule has 0 aliphatic carbocycles. The summed E-state index contributed by atoms with van der Waals surface area (Å²) in [7, 11) is 0. The second-order valence-corrected chi connectivity index (χ2v) is 4.91. The van der Waals surface area contributed by atoms with Crippen molar-refractivity contribution in [2.75, 3.05) is 0 Å². The molecule has 0 radical (unpaired) electrons. The van der Waals surface area contributed by atoms with Crippen LogP contribution in [0.2, 0.25) is 0 Å². The number of rotatable bonds is 2. The fourth-order valence-corrected chi connectivity index (χ4v) is 2.35. The highest BCUT2D eigenvalue weighted by atomic mass is 79.9. The monoisotopic (exact) mass is 298 g/mol. The molecule has 3 aromatic rings. The summed E-state index contributed by atoms with van der Waals surface area (Å²) in [5.74, 6) is 0.890. The number of imidazole rings is 1. The quantitative estimate of drug-likeness (QED) is 0.741. The standard InChI is InChI=1S/C15H11BrN2/c16-12-6-7-13(15-17-8-9-18-15)14(10-12)11-4-2-1-3-5-11/h1-10H,(H,17,18). The zero-order valence-corrected chi connectivity index (χ0v) is 11.2. The molecule has 2 aromatic carbocycles. The third-order valence-corrected chi connectivity index (χ3v) is 3.31.